The molecule has 0 spiro atoms. The summed E-state index contributed by atoms with van der Waals surface area (Å²) in [6.07, 6.45) is 0.463. The average molecular weight is 487 g/mol. The summed E-state index contributed by atoms with van der Waals surface area (Å²) in [6, 6.07) is 12.2. The highest BCUT2D eigenvalue weighted by atomic mass is 19.3. The number of ether oxygens (including phenoxy) is 3. The van der Waals surface area contributed by atoms with Crippen molar-refractivity contribution in [1.29, 1.82) is 0 Å². The molecule has 2 aromatic carbocycles. The summed E-state index contributed by atoms with van der Waals surface area (Å²) in [5.74, 6) is -2.38. The van der Waals surface area contributed by atoms with Gasteiger partial charge in [-0.1, -0.05) is 12.6 Å². The highest BCUT2D eigenvalue weighted by Gasteiger charge is 2.27. The molecule has 0 fully saturated rings. The molecule has 0 amide bonds. The van der Waals surface area contributed by atoms with E-state index in [1.807, 2.05) is 19.1 Å². The minimum Gasteiger partial charge on any atom is -0.497 e. The molecule has 8 heteroatoms. The number of methoxy groups -OCH3 is 1. The number of benzene rings is 2. The van der Waals surface area contributed by atoms with Crippen molar-refractivity contribution < 1.29 is 32.2 Å². The lowest BCUT2D eigenvalue weighted by Gasteiger charge is -2.16. The van der Waals surface area contributed by atoms with Crippen LogP contribution in [0, 0.1) is 6.92 Å². The number of aryl methyl sites for hydroxylation is 1. The lowest BCUT2D eigenvalue weighted by Crippen LogP contribution is -2.18. The molecule has 0 bridgehead atoms. The van der Waals surface area contributed by atoms with E-state index in [4.69, 9.17) is 18.6 Å². The van der Waals surface area contributed by atoms with Crippen molar-refractivity contribution in [3.05, 3.63) is 71.1 Å². The summed E-state index contributed by atoms with van der Waals surface area (Å²) in [5, 5.41) is 0.714. The Bertz CT molecular complexity index is 1250. The van der Waals surface area contributed by atoms with Crippen molar-refractivity contribution >= 4 is 16.9 Å². The highest BCUT2D eigenvalue weighted by Crippen LogP contribution is 2.29. The number of hydrogen-bond donors (Lipinski definition) is 0. The summed E-state index contributed by atoms with van der Waals surface area (Å²) in [4.78, 5) is 23.6. The maximum atomic E-state index is 14.0. The molecule has 3 aromatic rings. The van der Waals surface area contributed by atoms with Crippen LogP contribution in [-0.2, 0) is 9.53 Å². The van der Waals surface area contributed by atoms with E-state index < -0.39 is 17.5 Å². The first kappa shape index (κ1) is 25.9. The van der Waals surface area contributed by atoms with Crippen LogP contribution in [0.5, 0.6) is 11.5 Å². The zero-order chi connectivity index (χ0) is 25.4. The average Bonchev–Trinajstić information content (AvgIpc) is 2.84. The molecule has 0 saturated carbocycles. The van der Waals surface area contributed by atoms with Gasteiger partial charge in [0.2, 0.25) is 5.92 Å². The molecule has 0 aliphatic rings. The Labute approximate surface area is 202 Å². The van der Waals surface area contributed by atoms with Crippen LogP contribution in [0.1, 0.15) is 31.2 Å². The van der Waals surface area contributed by atoms with Crippen LogP contribution in [0.2, 0.25) is 0 Å². The van der Waals surface area contributed by atoms with Gasteiger partial charge >= 0.3 is 11.6 Å². The quantitative estimate of drug-likeness (QED) is 0.134. The molecule has 0 aliphatic heterocycles. The Kier molecular flexibility index (Phi) is 8.63. The Morgan fingerprint density at radius 2 is 1.74 bits per heavy atom. The van der Waals surface area contributed by atoms with Crippen LogP contribution in [0.25, 0.3) is 22.1 Å². The first-order valence-electron chi connectivity index (χ1n) is 11.2. The zero-order valence-electron chi connectivity index (χ0n) is 19.8. The van der Waals surface area contributed by atoms with E-state index in [2.05, 4.69) is 6.58 Å². The van der Waals surface area contributed by atoms with Gasteiger partial charge in [-0.05, 0) is 61.2 Å². The lowest BCUT2D eigenvalue weighted by molar-refractivity contribution is -0.138. The third-order valence-electron chi connectivity index (χ3n) is 5.48. The number of carbonyl (C=O) groups excluding carboxylic acids is 1. The largest absolute Gasteiger partial charge is 0.497 e. The molecule has 35 heavy (non-hydrogen) atoms. The van der Waals surface area contributed by atoms with Gasteiger partial charge in [-0.25, -0.2) is 18.4 Å². The van der Waals surface area contributed by atoms with Crippen molar-refractivity contribution in [3.63, 3.8) is 0 Å². The van der Waals surface area contributed by atoms with Crippen molar-refractivity contribution in [1.82, 2.24) is 0 Å². The van der Waals surface area contributed by atoms with Crippen molar-refractivity contribution in [3.8, 4) is 22.6 Å². The number of hydrogen-bond acceptors (Lipinski definition) is 6. The molecule has 186 valence electrons. The third-order valence-corrected chi connectivity index (χ3v) is 5.48. The maximum Gasteiger partial charge on any atom is 0.344 e. The van der Waals surface area contributed by atoms with E-state index in [0.29, 0.717) is 28.0 Å². The Morgan fingerprint density at radius 1 is 1.03 bits per heavy atom. The molecule has 3 rings (SSSR count). The SMILES string of the molecule is C=CC(=O)OCCCC(F)(F)CCCOc1ccc2cc(-c3ccc(OC)cc3C)c(=O)oc2c1. The maximum absolute atomic E-state index is 14.0. The van der Waals surface area contributed by atoms with E-state index in [-0.39, 0.29) is 38.9 Å². The van der Waals surface area contributed by atoms with Crippen molar-refractivity contribution in [2.45, 2.75) is 38.5 Å². The van der Waals surface area contributed by atoms with E-state index in [9.17, 15) is 18.4 Å². The van der Waals surface area contributed by atoms with E-state index in [1.165, 1.54) is 0 Å². The van der Waals surface area contributed by atoms with Crippen LogP contribution >= 0.6 is 0 Å². The normalized spacial score (nSPS) is 11.3. The fourth-order valence-corrected chi connectivity index (χ4v) is 3.64. The van der Waals surface area contributed by atoms with Gasteiger partial charge in [0.05, 0.1) is 25.9 Å². The molecular formula is C27H28F2O6. The fourth-order valence-electron chi connectivity index (χ4n) is 3.64. The third kappa shape index (κ3) is 7.15. The van der Waals surface area contributed by atoms with Crippen LogP contribution in [-0.4, -0.2) is 32.2 Å². The van der Waals surface area contributed by atoms with Gasteiger partial charge in [0.15, 0.2) is 0 Å². The standard InChI is InChI=1S/C27H28F2O6/c1-4-25(30)34-14-6-12-27(28,29)11-5-13-33-21-8-7-19-16-23(26(31)35-24(19)17-21)22-10-9-20(32-3)15-18(22)2/h4,7-10,15-17H,1,5-6,11-14H2,2-3H3. The van der Waals surface area contributed by atoms with E-state index in [0.717, 1.165) is 17.2 Å². The van der Waals surface area contributed by atoms with Crippen LogP contribution in [0.4, 0.5) is 8.78 Å². The monoisotopic (exact) mass is 486 g/mol. The molecule has 0 unspecified atom stereocenters. The summed E-state index contributed by atoms with van der Waals surface area (Å²) in [6.45, 7) is 5.15. The second-order valence-electron chi connectivity index (χ2n) is 8.11. The smallest absolute Gasteiger partial charge is 0.344 e. The number of esters is 1. The Hall–Kier alpha value is -3.68. The minimum atomic E-state index is -2.88. The van der Waals surface area contributed by atoms with Crippen LogP contribution in [0.15, 0.2) is 64.3 Å². The second-order valence-corrected chi connectivity index (χ2v) is 8.11. The minimum absolute atomic E-state index is 0.0647. The Balaban J connectivity index is 1.57. The predicted molar refractivity (Wildman–Crippen MR) is 129 cm³/mol. The van der Waals surface area contributed by atoms with Gasteiger partial charge < -0.3 is 18.6 Å². The Morgan fingerprint density at radius 3 is 2.43 bits per heavy atom. The highest BCUT2D eigenvalue weighted by molar-refractivity contribution is 5.83. The van der Waals surface area contributed by atoms with Crippen molar-refractivity contribution in [2.24, 2.45) is 0 Å². The van der Waals surface area contributed by atoms with Crippen LogP contribution < -0.4 is 15.1 Å². The first-order chi connectivity index (χ1) is 16.7. The molecule has 0 saturated heterocycles. The van der Waals surface area contributed by atoms with Crippen LogP contribution in [0.3, 0.4) is 0 Å². The summed E-state index contributed by atoms with van der Waals surface area (Å²) >= 11 is 0. The van der Waals surface area contributed by atoms with Gasteiger partial charge in [-0.3, -0.25) is 0 Å². The van der Waals surface area contributed by atoms with Gasteiger partial charge in [-0.2, -0.15) is 0 Å². The molecular weight excluding hydrogens is 458 g/mol. The molecule has 0 aliphatic carbocycles. The van der Waals surface area contributed by atoms with Crippen molar-refractivity contribution in [2.75, 3.05) is 20.3 Å². The number of halogens is 2. The van der Waals surface area contributed by atoms with Gasteiger partial charge in [0.1, 0.15) is 17.1 Å². The molecule has 0 N–H and O–H groups in total. The number of fused-ring (bicyclic) bond motifs is 1. The summed E-state index contributed by atoms with van der Waals surface area (Å²) in [5.41, 5.74) is 1.93. The number of carbonyl (C=O) groups is 1. The topological polar surface area (TPSA) is 75.0 Å². The summed E-state index contributed by atoms with van der Waals surface area (Å²) < 4.78 is 49.0. The van der Waals surface area contributed by atoms with E-state index in [1.54, 1.807) is 37.4 Å². The van der Waals surface area contributed by atoms with Gasteiger partial charge in [0, 0.05) is 30.4 Å². The lowest BCUT2D eigenvalue weighted by atomic mass is 10.0. The molecule has 1 aromatic heterocycles. The zero-order valence-corrected chi connectivity index (χ0v) is 19.8. The van der Waals surface area contributed by atoms with Gasteiger partial charge in [0.25, 0.3) is 0 Å². The second kappa shape index (κ2) is 11.6. The first-order valence-corrected chi connectivity index (χ1v) is 11.2. The van der Waals surface area contributed by atoms with Gasteiger partial charge in [-0.15, -0.1) is 0 Å². The molecule has 0 atom stereocenters. The molecule has 1 heterocycles. The van der Waals surface area contributed by atoms with E-state index >= 15 is 0 Å². The fraction of sp³-hybridized carbons (Fsp3) is 0.333. The molecule has 6 nitrogen and oxygen atoms in total. The number of alkyl halides is 2. The number of rotatable bonds is 12. The predicted octanol–water partition coefficient (Wildman–Crippen LogP) is 6.08. The summed E-state index contributed by atoms with van der Waals surface area (Å²) in [7, 11) is 1.58. The molecule has 0 radical (unpaired) electrons.